The van der Waals surface area contributed by atoms with Crippen molar-refractivity contribution in [2.24, 2.45) is 0 Å². The quantitative estimate of drug-likeness (QED) is 0.639. The number of anilines is 1. The number of benzene rings is 1. The number of esters is 2. The molecule has 1 aromatic carbocycles. The van der Waals surface area contributed by atoms with Crippen LogP contribution in [-0.2, 0) is 34.8 Å². The van der Waals surface area contributed by atoms with Crippen LogP contribution < -0.4 is 4.72 Å². The Morgan fingerprint density at radius 1 is 1.11 bits per heavy atom. The van der Waals surface area contributed by atoms with E-state index in [2.05, 4.69) is 19.3 Å². The fraction of sp³-hybridized carbons (Fsp3) is 0.353. The Hall–Kier alpha value is -2.88. The van der Waals surface area contributed by atoms with Gasteiger partial charge in [-0.25, -0.2) is 8.42 Å². The molecule has 1 aromatic heterocycles. The van der Waals surface area contributed by atoms with Crippen LogP contribution in [-0.4, -0.2) is 44.4 Å². The van der Waals surface area contributed by atoms with Gasteiger partial charge >= 0.3 is 11.9 Å². The molecule has 9 nitrogen and oxygen atoms in total. The first-order valence-corrected chi connectivity index (χ1v) is 9.70. The highest BCUT2D eigenvalue weighted by molar-refractivity contribution is 7.91. The predicted molar refractivity (Wildman–Crippen MR) is 97.2 cm³/mol. The monoisotopic (exact) mass is 395 g/mol. The van der Waals surface area contributed by atoms with Crippen LogP contribution in [0, 0.1) is 0 Å². The third-order valence-corrected chi connectivity index (χ3v) is 4.97. The van der Waals surface area contributed by atoms with Crippen molar-refractivity contribution in [1.29, 1.82) is 0 Å². The number of carbonyl (C=O) groups excluding carboxylic acids is 2. The zero-order valence-corrected chi connectivity index (χ0v) is 15.8. The van der Waals surface area contributed by atoms with Crippen molar-refractivity contribution < 1.29 is 27.5 Å². The van der Waals surface area contributed by atoms with E-state index in [1.807, 2.05) is 0 Å². The lowest BCUT2D eigenvalue weighted by Gasteiger charge is -2.15. The van der Waals surface area contributed by atoms with Gasteiger partial charge in [0.25, 0.3) is 0 Å². The number of nitrogens with one attached hydrogen (secondary N) is 1. The van der Waals surface area contributed by atoms with E-state index in [0.717, 1.165) is 0 Å². The summed E-state index contributed by atoms with van der Waals surface area (Å²) in [5, 5.41) is 4.06. The number of sulfonamides is 1. The Bertz CT molecular complexity index is 861. The standard InChI is InChI=1S/C17H21N3O6S/c1-25-16(21)8-15(9-17(22)26-2)20-11-14(10-18-20)19-27(23,24)12-13-6-4-3-5-7-13/h3-7,10-11,15,19H,8-9,12H2,1-2H3. The Labute approximate surface area is 157 Å². The maximum Gasteiger partial charge on any atom is 0.307 e. The van der Waals surface area contributed by atoms with E-state index in [-0.39, 0.29) is 24.3 Å². The summed E-state index contributed by atoms with van der Waals surface area (Å²) in [6.07, 6.45) is 2.51. The number of hydrogen-bond acceptors (Lipinski definition) is 7. The molecule has 1 heterocycles. The zero-order chi connectivity index (χ0) is 19.9. The molecule has 0 radical (unpaired) electrons. The summed E-state index contributed by atoms with van der Waals surface area (Å²) in [7, 11) is -1.16. The van der Waals surface area contributed by atoms with E-state index >= 15 is 0 Å². The highest BCUT2D eigenvalue weighted by Gasteiger charge is 2.22. The molecule has 0 aliphatic heterocycles. The van der Waals surface area contributed by atoms with Crippen molar-refractivity contribution in [1.82, 2.24) is 9.78 Å². The molecule has 1 N–H and O–H groups in total. The van der Waals surface area contributed by atoms with Gasteiger partial charge in [0.15, 0.2) is 0 Å². The third kappa shape index (κ3) is 6.41. The highest BCUT2D eigenvalue weighted by atomic mass is 32.2. The van der Waals surface area contributed by atoms with Crippen LogP contribution in [0.3, 0.4) is 0 Å². The van der Waals surface area contributed by atoms with Crippen molar-refractivity contribution in [3.63, 3.8) is 0 Å². The number of hydrogen-bond donors (Lipinski definition) is 1. The van der Waals surface area contributed by atoms with Crippen LogP contribution in [0.4, 0.5) is 5.69 Å². The highest BCUT2D eigenvalue weighted by Crippen LogP contribution is 2.20. The van der Waals surface area contributed by atoms with Crippen LogP contribution in [0.1, 0.15) is 24.4 Å². The number of ether oxygens (including phenoxy) is 2. The molecule has 0 bridgehead atoms. The largest absolute Gasteiger partial charge is 0.469 e. The minimum absolute atomic E-state index is 0.108. The SMILES string of the molecule is COC(=O)CC(CC(=O)OC)n1cc(NS(=O)(=O)Cc2ccccc2)cn1. The molecule has 0 saturated heterocycles. The van der Waals surface area contributed by atoms with Crippen molar-refractivity contribution in [3.05, 3.63) is 48.3 Å². The van der Waals surface area contributed by atoms with Gasteiger partial charge in [-0.2, -0.15) is 5.10 Å². The second kappa shape index (κ2) is 9.17. The Kier molecular flexibility index (Phi) is 6.94. The molecule has 0 saturated carbocycles. The summed E-state index contributed by atoms with van der Waals surface area (Å²) < 4.78 is 37.6. The first kappa shape index (κ1) is 20.4. The molecule has 2 rings (SSSR count). The minimum Gasteiger partial charge on any atom is -0.469 e. The zero-order valence-electron chi connectivity index (χ0n) is 15.0. The van der Waals surface area contributed by atoms with Gasteiger partial charge in [0, 0.05) is 6.20 Å². The fourth-order valence-corrected chi connectivity index (χ4v) is 3.58. The first-order chi connectivity index (χ1) is 12.8. The second-order valence-corrected chi connectivity index (χ2v) is 7.49. The Balaban J connectivity index is 2.12. The van der Waals surface area contributed by atoms with E-state index in [9.17, 15) is 18.0 Å². The molecule has 0 amide bonds. The average Bonchev–Trinajstić information content (AvgIpc) is 3.08. The van der Waals surface area contributed by atoms with Gasteiger partial charge in [0.1, 0.15) is 0 Å². The number of aromatic nitrogens is 2. The van der Waals surface area contributed by atoms with Crippen LogP contribution >= 0.6 is 0 Å². The van der Waals surface area contributed by atoms with Crippen molar-refractivity contribution in [2.75, 3.05) is 18.9 Å². The summed E-state index contributed by atoms with van der Waals surface area (Å²) >= 11 is 0. The molecule has 0 fully saturated rings. The molecule has 2 aromatic rings. The van der Waals surface area contributed by atoms with E-state index in [0.29, 0.717) is 5.56 Å². The van der Waals surface area contributed by atoms with Gasteiger partial charge in [0.2, 0.25) is 10.0 Å². The third-order valence-electron chi connectivity index (χ3n) is 3.71. The molecular weight excluding hydrogens is 374 g/mol. The summed E-state index contributed by atoms with van der Waals surface area (Å²) in [5.74, 6) is -1.23. The second-order valence-electron chi connectivity index (χ2n) is 5.77. The molecule has 0 spiro atoms. The summed E-state index contributed by atoms with van der Waals surface area (Å²) in [5.41, 5.74) is 0.873. The Morgan fingerprint density at radius 2 is 1.70 bits per heavy atom. The number of nitrogens with zero attached hydrogens (tertiary/aromatic N) is 2. The lowest BCUT2D eigenvalue weighted by atomic mass is 10.1. The van der Waals surface area contributed by atoms with Gasteiger partial charge < -0.3 is 9.47 Å². The fourth-order valence-electron chi connectivity index (χ4n) is 2.41. The molecule has 146 valence electrons. The van der Waals surface area contributed by atoms with Crippen molar-refractivity contribution in [3.8, 4) is 0 Å². The molecule has 0 unspecified atom stereocenters. The van der Waals surface area contributed by atoms with Gasteiger partial charge in [-0.1, -0.05) is 30.3 Å². The van der Waals surface area contributed by atoms with Crippen LogP contribution in [0.5, 0.6) is 0 Å². The lowest BCUT2D eigenvalue weighted by Crippen LogP contribution is -2.19. The van der Waals surface area contributed by atoms with E-state index in [1.165, 1.54) is 31.3 Å². The molecule has 0 aliphatic rings. The van der Waals surface area contributed by atoms with Crippen LogP contribution in [0.2, 0.25) is 0 Å². The maximum atomic E-state index is 12.3. The van der Waals surface area contributed by atoms with E-state index in [1.54, 1.807) is 30.3 Å². The van der Waals surface area contributed by atoms with E-state index in [4.69, 9.17) is 0 Å². The normalized spacial score (nSPS) is 11.2. The van der Waals surface area contributed by atoms with Crippen molar-refractivity contribution >= 4 is 27.6 Å². The Morgan fingerprint density at radius 3 is 2.26 bits per heavy atom. The van der Waals surface area contributed by atoms with Gasteiger partial charge in [-0.05, 0) is 5.56 Å². The van der Waals surface area contributed by atoms with E-state index < -0.39 is 28.0 Å². The number of rotatable bonds is 9. The summed E-state index contributed by atoms with van der Waals surface area (Å²) in [6, 6.07) is 8.09. The van der Waals surface area contributed by atoms with Crippen molar-refractivity contribution in [2.45, 2.75) is 24.6 Å². The molecule has 0 atom stereocenters. The average molecular weight is 395 g/mol. The molecule has 10 heteroatoms. The first-order valence-electron chi connectivity index (χ1n) is 8.05. The number of methoxy groups -OCH3 is 2. The smallest absolute Gasteiger partial charge is 0.307 e. The summed E-state index contributed by atoms with van der Waals surface area (Å²) in [4.78, 5) is 23.2. The number of carbonyl (C=O) groups is 2. The topological polar surface area (TPSA) is 117 Å². The van der Waals surface area contributed by atoms with Gasteiger partial charge in [0.05, 0.1) is 50.7 Å². The minimum atomic E-state index is -3.64. The summed E-state index contributed by atoms with van der Waals surface area (Å²) in [6.45, 7) is 0. The molecule has 0 aliphatic carbocycles. The van der Waals surface area contributed by atoms with Gasteiger partial charge in [-0.15, -0.1) is 0 Å². The van der Waals surface area contributed by atoms with Crippen LogP contribution in [0.15, 0.2) is 42.7 Å². The molecular formula is C17H21N3O6S. The van der Waals surface area contributed by atoms with Crippen LogP contribution in [0.25, 0.3) is 0 Å². The lowest BCUT2D eigenvalue weighted by molar-refractivity contribution is -0.144. The predicted octanol–water partition coefficient (Wildman–Crippen LogP) is 1.49. The maximum absolute atomic E-state index is 12.3. The molecule has 27 heavy (non-hydrogen) atoms. The van der Waals surface area contributed by atoms with Gasteiger partial charge in [-0.3, -0.25) is 19.0 Å².